The molecule has 0 radical (unpaired) electrons. The van der Waals surface area contributed by atoms with Crippen LogP contribution >= 0.6 is 33.2 Å². The van der Waals surface area contributed by atoms with Crippen LogP contribution < -0.4 is 0 Å². The zero-order valence-electron chi connectivity index (χ0n) is 4.21. The lowest BCUT2D eigenvalue weighted by molar-refractivity contribution is 2.09. The molecule has 7 heavy (non-hydrogen) atoms. The Morgan fingerprint density at radius 2 is 1.29 bits per heavy atom. The summed E-state index contributed by atoms with van der Waals surface area (Å²) in [4.78, 5) is 0. The fourth-order valence-electron chi connectivity index (χ4n) is 0. The van der Waals surface area contributed by atoms with Crippen molar-refractivity contribution in [3.8, 4) is 0 Å². The van der Waals surface area contributed by atoms with Crippen molar-refractivity contribution >= 4 is 47.1 Å². The first-order valence-electron chi connectivity index (χ1n) is 2.01. The van der Waals surface area contributed by atoms with Gasteiger partial charge < -0.3 is 0 Å². The quantitative estimate of drug-likeness (QED) is 0.443. The van der Waals surface area contributed by atoms with E-state index in [4.69, 9.17) is 33.2 Å². The Morgan fingerprint density at radius 3 is 1.29 bits per heavy atom. The first kappa shape index (κ1) is 8.30. The van der Waals surface area contributed by atoms with Gasteiger partial charge in [-0.3, -0.25) is 0 Å². The zero-order chi connectivity index (χ0) is 6.08. The molecule has 0 rings (SSSR count). The SMILES string of the molecule is C[SiH](C)[Si](Cl)(Cl)Cl. The molecule has 0 aliphatic rings. The summed E-state index contributed by atoms with van der Waals surface area (Å²) in [6.45, 7) is 4.11. The minimum absolute atomic E-state index is 0.924. The molecule has 0 spiro atoms. The van der Waals surface area contributed by atoms with Crippen LogP contribution in [0.15, 0.2) is 0 Å². The van der Waals surface area contributed by atoms with E-state index in [2.05, 4.69) is 13.1 Å². The summed E-state index contributed by atoms with van der Waals surface area (Å²) in [5.41, 5.74) is -2.18. The lowest BCUT2D eigenvalue weighted by Crippen LogP contribution is -2.29. The first-order chi connectivity index (χ1) is 2.94. The average Bonchev–Trinajstić information content (AvgIpc) is 1.31. The zero-order valence-corrected chi connectivity index (χ0v) is 8.63. The highest BCUT2D eigenvalue weighted by molar-refractivity contribution is 7.85. The third-order valence-corrected chi connectivity index (χ3v) is 17.7. The van der Waals surface area contributed by atoms with E-state index < -0.39 is 13.8 Å². The van der Waals surface area contributed by atoms with Gasteiger partial charge in [0.2, 0.25) is 0 Å². The number of halogens is 3. The van der Waals surface area contributed by atoms with Crippen LogP contribution in [0.2, 0.25) is 13.1 Å². The number of hydrogen-bond donors (Lipinski definition) is 0. The third-order valence-electron chi connectivity index (χ3n) is 0.655. The third kappa shape index (κ3) is 3.85. The van der Waals surface area contributed by atoms with E-state index in [0.29, 0.717) is 0 Å². The summed E-state index contributed by atoms with van der Waals surface area (Å²) in [7, 11) is -0.924. The van der Waals surface area contributed by atoms with Crippen LogP contribution in [-0.4, -0.2) is 13.8 Å². The van der Waals surface area contributed by atoms with Gasteiger partial charge in [0.1, 0.15) is 0 Å². The van der Waals surface area contributed by atoms with Crippen LogP contribution in [-0.2, 0) is 0 Å². The maximum Gasteiger partial charge on any atom is 0.320 e. The monoisotopic (exact) mass is 192 g/mol. The second-order valence-electron chi connectivity index (χ2n) is 1.70. The van der Waals surface area contributed by atoms with Gasteiger partial charge >= 0.3 is 5.52 Å². The molecule has 0 saturated heterocycles. The van der Waals surface area contributed by atoms with Crippen molar-refractivity contribution in [2.45, 2.75) is 13.1 Å². The highest BCUT2D eigenvalue weighted by atomic mass is 35.8. The molecule has 0 N–H and O–H groups in total. The predicted molar refractivity (Wildman–Crippen MR) is 42.2 cm³/mol. The summed E-state index contributed by atoms with van der Waals surface area (Å²) in [5, 5.41) is 0. The van der Waals surface area contributed by atoms with Crippen LogP contribution in [0.25, 0.3) is 0 Å². The van der Waals surface area contributed by atoms with Gasteiger partial charge in [-0.1, -0.05) is 13.1 Å². The Kier molecular flexibility index (Phi) is 3.24. The molecular weight excluding hydrogens is 187 g/mol. The normalized spacial score (nSPS) is 12.9. The van der Waals surface area contributed by atoms with Crippen molar-refractivity contribution in [2.24, 2.45) is 0 Å². The molecule has 0 bridgehead atoms. The molecule has 0 saturated carbocycles. The van der Waals surface area contributed by atoms with Crippen molar-refractivity contribution in [1.29, 1.82) is 0 Å². The van der Waals surface area contributed by atoms with Crippen LogP contribution in [0.3, 0.4) is 0 Å². The molecule has 0 aliphatic heterocycles. The molecule has 0 aromatic carbocycles. The minimum Gasteiger partial charge on any atom is -0.130 e. The maximum absolute atomic E-state index is 5.60. The summed E-state index contributed by atoms with van der Waals surface area (Å²) in [6.07, 6.45) is 0. The van der Waals surface area contributed by atoms with Crippen LogP contribution in [0.4, 0.5) is 0 Å². The van der Waals surface area contributed by atoms with E-state index in [9.17, 15) is 0 Å². The molecule has 0 heterocycles. The molecule has 0 unspecified atom stereocenters. The minimum atomic E-state index is -2.18. The summed E-state index contributed by atoms with van der Waals surface area (Å²) in [6, 6.07) is 0. The lowest BCUT2D eigenvalue weighted by atomic mass is 11.9. The van der Waals surface area contributed by atoms with Gasteiger partial charge in [-0.15, -0.1) is 33.2 Å². The Morgan fingerprint density at radius 1 is 1.14 bits per heavy atom. The van der Waals surface area contributed by atoms with Crippen LogP contribution in [0.5, 0.6) is 0 Å². The Balaban J connectivity index is 3.54. The second kappa shape index (κ2) is 2.73. The van der Waals surface area contributed by atoms with E-state index in [0.717, 1.165) is 0 Å². The average molecular weight is 194 g/mol. The van der Waals surface area contributed by atoms with Gasteiger partial charge in [-0.05, 0) is 0 Å². The molecule has 5 heteroatoms. The maximum atomic E-state index is 5.60. The topological polar surface area (TPSA) is 0 Å². The summed E-state index contributed by atoms with van der Waals surface area (Å²) in [5.74, 6) is 0. The van der Waals surface area contributed by atoms with Gasteiger partial charge in [0.05, 0.1) is 8.31 Å². The second-order valence-corrected chi connectivity index (χ2v) is 21.6. The number of hydrogen-bond acceptors (Lipinski definition) is 0. The standard InChI is InChI=1S/C2H7Cl3Si2/c1-6(2)7(3,4)5/h6H,1-2H3. The fourth-order valence-corrected chi connectivity index (χ4v) is 0. The van der Waals surface area contributed by atoms with Crippen molar-refractivity contribution in [3.63, 3.8) is 0 Å². The Hall–Kier alpha value is 1.30. The van der Waals surface area contributed by atoms with Gasteiger partial charge in [-0.25, -0.2) is 0 Å². The van der Waals surface area contributed by atoms with E-state index >= 15 is 0 Å². The van der Waals surface area contributed by atoms with Crippen molar-refractivity contribution in [3.05, 3.63) is 0 Å². The molecule has 0 aromatic rings. The van der Waals surface area contributed by atoms with Crippen LogP contribution in [0, 0.1) is 0 Å². The molecule has 0 fully saturated rings. The lowest BCUT2D eigenvalue weighted by Gasteiger charge is -2.08. The molecule has 0 amide bonds. The van der Waals surface area contributed by atoms with Crippen molar-refractivity contribution < 1.29 is 0 Å². The molecule has 0 nitrogen and oxygen atoms in total. The van der Waals surface area contributed by atoms with Crippen LogP contribution in [0.1, 0.15) is 0 Å². The molecule has 44 valence electrons. The molecular formula is C2H7Cl3Si2. The molecule has 0 aliphatic carbocycles. The molecule has 0 aromatic heterocycles. The summed E-state index contributed by atoms with van der Waals surface area (Å²) < 4.78 is 0. The fraction of sp³-hybridized carbons (Fsp3) is 1.00. The van der Waals surface area contributed by atoms with E-state index in [1.165, 1.54) is 0 Å². The van der Waals surface area contributed by atoms with Gasteiger partial charge in [-0.2, -0.15) is 0 Å². The highest BCUT2D eigenvalue weighted by Gasteiger charge is 2.29. The van der Waals surface area contributed by atoms with E-state index in [1.807, 2.05) is 0 Å². The first-order valence-corrected chi connectivity index (χ1v) is 11.2. The summed E-state index contributed by atoms with van der Waals surface area (Å²) >= 11 is 16.8. The smallest absolute Gasteiger partial charge is 0.130 e. The Labute approximate surface area is 60.3 Å². The largest absolute Gasteiger partial charge is 0.320 e. The van der Waals surface area contributed by atoms with Crippen molar-refractivity contribution in [2.75, 3.05) is 0 Å². The van der Waals surface area contributed by atoms with Gasteiger partial charge in [0, 0.05) is 0 Å². The predicted octanol–water partition coefficient (Wildman–Crippen LogP) is 2.21. The van der Waals surface area contributed by atoms with E-state index in [-0.39, 0.29) is 0 Å². The van der Waals surface area contributed by atoms with Gasteiger partial charge in [0.25, 0.3) is 0 Å². The van der Waals surface area contributed by atoms with Gasteiger partial charge in [0.15, 0.2) is 0 Å². The molecule has 0 atom stereocenters. The highest BCUT2D eigenvalue weighted by Crippen LogP contribution is 2.22. The Bertz CT molecular complexity index is 56.4. The number of rotatable bonds is 1. The van der Waals surface area contributed by atoms with Crippen molar-refractivity contribution in [1.82, 2.24) is 0 Å². The van der Waals surface area contributed by atoms with E-state index in [1.54, 1.807) is 0 Å².